The Labute approximate surface area is 161 Å². The largest absolute Gasteiger partial charge is 0.366 e. The molecular formula is C21H19N3O2S. The van der Waals surface area contributed by atoms with Crippen molar-refractivity contribution >= 4 is 34.5 Å². The van der Waals surface area contributed by atoms with Gasteiger partial charge < -0.3 is 11.1 Å². The van der Waals surface area contributed by atoms with E-state index in [0.717, 1.165) is 34.3 Å². The van der Waals surface area contributed by atoms with Gasteiger partial charge in [-0.2, -0.15) is 0 Å². The number of para-hydroxylation sites is 1. The molecule has 0 atom stereocenters. The molecule has 136 valence electrons. The van der Waals surface area contributed by atoms with Crippen molar-refractivity contribution in [1.82, 2.24) is 10.3 Å². The highest BCUT2D eigenvalue weighted by atomic mass is 32.2. The molecule has 0 bridgehead atoms. The number of rotatable bonds is 6. The second-order valence-corrected chi connectivity index (χ2v) is 7.62. The molecule has 0 spiro atoms. The zero-order valence-electron chi connectivity index (χ0n) is 14.6. The Morgan fingerprint density at radius 2 is 1.85 bits per heavy atom. The second-order valence-electron chi connectivity index (χ2n) is 6.62. The quantitative estimate of drug-likeness (QED) is 0.644. The average molecular weight is 377 g/mol. The first kappa shape index (κ1) is 17.5. The van der Waals surface area contributed by atoms with E-state index in [1.807, 2.05) is 42.5 Å². The maximum Gasteiger partial charge on any atom is 0.252 e. The van der Waals surface area contributed by atoms with Crippen LogP contribution in [0.15, 0.2) is 59.6 Å². The van der Waals surface area contributed by atoms with Gasteiger partial charge in [0.2, 0.25) is 5.91 Å². The first-order valence-electron chi connectivity index (χ1n) is 8.82. The Hall–Kier alpha value is -2.86. The molecule has 3 N–H and O–H groups in total. The summed E-state index contributed by atoms with van der Waals surface area (Å²) in [5.74, 6) is 0.217. The highest BCUT2D eigenvalue weighted by Gasteiger charge is 2.25. The van der Waals surface area contributed by atoms with E-state index < -0.39 is 5.91 Å². The Morgan fingerprint density at radius 1 is 1.11 bits per heavy atom. The summed E-state index contributed by atoms with van der Waals surface area (Å²) >= 11 is 1.56. The van der Waals surface area contributed by atoms with E-state index in [-0.39, 0.29) is 5.91 Å². The van der Waals surface area contributed by atoms with Crippen LogP contribution in [0.25, 0.3) is 10.9 Å². The van der Waals surface area contributed by atoms with Gasteiger partial charge in [0.1, 0.15) is 0 Å². The van der Waals surface area contributed by atoms with Gasteiger partial charge in [-0.05, 0) is 42.7 Å². The summed E-state index contributed by atoms with van der Waals surface area (Å²) < 4.78 is 0. The van der Waals surface area contributed by atoms with Crippen LogP contribution in [-0.4, -0.2) is 22.8 Å². The van der Waals surface area contributed by atoms with Gasteiger partial charge in [-0.25, -0.2) is 4.98 Å². The first-order valence-corrected chi connectivity index (χ1v) is 9.81. The van der Waals surface area contributed by atoms with Crippen molar-refractivity contribution in [1.29, 1.82) is 0 Å². The number of hydrogen-bond donors (Lipinski definition) is 2. The Bertz CT molecular complexity index is 1010. The van der Waals surface area contributed by atoms with E-state index in [2.05, 4.69) is 10.3 Å². The third-order valence-electron chi connectivity index (χ3n) is 4.48. The van der Waals surface area contributed by atoms with Crippen LogP contribution in [0.3, 0.4) is 0 Å². The van der Waals surface area contributed by atoms with Crippen molar-refractivity contribution in [3.05, 3.63) is 71.3 Å². The smallest absolute Gasteiger partial charge is 0.252 e. The standard InChI is InChI=1S/C21H19N3O2S/c22-20(25)14-7-5-13(6-8-14)12-27-19-11-17(21(26)23-15-9-10-15)16-3-1-2-4-18(16)24-19/h1-8,11,15H,9-10,12H2,(H2,22,25)(H,23,26). The second kappa shape index (κ2) is 7.40. The highest BCUT2D eigenvalue weighted by Crippen LogP contribution is 2.28. The fourth-order valence-corrected chi connectivity index (χ4v) is 3.70. The maximum atomic E-state index is 12.6. The van der Waals surface area contributed by atoms with Crippen molar-refractivity contribution in [3.8, 4) is 0 Å². The van der Waals surface area contributed by atoms with Crippen molar-refractivity contribution in [2.75, 3.05) is 0 Å². The minimum atomic E-state index is -0.434. The topological polar surface area (TPSA) is 85.1 Å². The molecule has 0 radical (unpaired) electrons. The van der Waals surface area contributed by atoms with Crippen LogP contribution in [0.5, 0.6) is 0 Å². The summed E-state index contributed by atoms with van der Waals surface area (Å²) in [4.78, 5) is 28.5. The van der Waals surface area contributed by atoms with Gasteiger partial charge in [-0.3, -0.25) is 9.59 Å². The van der Waals surface area contributed by atoms with Crippen LogP contribution in [0.2, 0.25) is 0 Å². The van der Waals surface area contributed by atoms with Crippen LogP contribution >= 0.6 is 11.8 Å². The zero-order chi connectivity index (χ0) is 18.8. The van der Waals surface area contributed by atoms with Gasteiger partial charge >= 0.3 is 0 Å². The average Bonchev–Trinajstić information content (AvgIpc) is 3.50. The minimum absolute atomic E-state index is 0.0382. The number of pyridine rings is 1. The lowest BCUT2D eigenvalue weighted by molar-refractivity contribution is 0.0951. The van der Waals surface area contributed by atoms with E-state index in [9.17, 15) is 9.59 Å². The van der Waals surface area contributed by atoms with Crippen molar-refractivity contribution < 1.29 is 9.59 Å². The van der Waals surface area contributed by atoms with E-state index in [1.54, 1.807) is 23.9 Å². The summed E-state index contributed by atoms with van der Waals surface area (Å²) in [6.45, 7) is 0. The number of nitrogens with one attached hydrogen (secondary N) is 1. The molecule has 3 aromatic rings. The molecule has 6 heteroatoms. The Kier molecular flexibility index (Phi) is 4.81. The van der Waals surface area contributed by atoms with Crippen LogP contribution in [0, 0.1) is 0 Å². The number of thioether (sulfide) groups is 1. The predicted molar refractivity (Wildman–Crippen MR) is 107 cm³/mol. The van der Waals surface area contributed by atoms with Crippen LogP contribution in [0.1, 0.15) is 39.1 Å². The summed E-state index contributed by atoms with van der Waals surface area (Å²) in [5, 5.41) is 4.73. The maximum absolute atomic E-state index is 12.6. The van der Waals surface area contributed by atoms with Gasteiger partial charge in [0.25, 0.3) is 5.91 Å². The van der Waals surface area contributed by atoms with Gasteiger partial charge in [-0.1, -0.05) is 30.3 Å². The summed E-state index contributed by atoms with van der Waals surface area (Å²) in [5.41, 5.74) is 8.30. The van der Waals surface area contributed by atoms with Gasteiger partial charge in [0.15, 0.2) is 0 Å². The normalized spacial score (nSPS) is 13.5. The van der Waals surface area contributed by atoms with Crippen LogP contribution < -0.4 is 11.1 Å². The molecule has 0 aliphatic heterocycles. The molecular weight excluding hydrogens is 358 g/mol. The number of carbonyl (C=O) groups is 2. The Balaban J connectivity index is 1.57. The SMILES string of the molecule is NC(=O)c1ccc(CSc2cc(C(=O)NC3CC3)c3ccccc3n2)cc1. The molecule has 27 heavy (non-hydrogen) atoms. The molecule has 2 amide bonds. The number of benzene rings is 2. The van der Waals surface area contributed by atoms with E-state index in [4.69, 9.17) is 5.73 Å². The van der Waals surface area contributed by atoms with Gasteiger partial charge in [-0.15, -0.1) is 11.8 Å². The molecule has 0 unspecified atom stereocenters. The number of fused-ring (bicyclic) bond motifs is 1. The van der Waals surface area contributed by atoms with Gasteiger partial charge in [0.05, 0.1) is 16.1 Å². The van der Waals surface area contributed by atoms with Gasteiger partial charge in [0, 0.05) is 22.7 Å². The summed E-state index contributed by atoms with van der Waals surface area (Å²) in [7, 11) is 0. The lowest BCUT2D eigenvalue weighted by atomic mass is 10.1. The first-order chi connectivity index (χ1) is 13.1. The van der Waals surface area contributed by atoms with E-state index >= 15 is 0 Å². The Morgan fingerprint density at radius 3 is 2.56 bits per heavy atom. The minimum Gasteiger partial charge on any atom is -0.366 e. The molecule has 1 heterocycles. The predicted octanol–water partition coefficient (Wildman–Crippen LogP) is 3.52. The van der Waals surface area contributed by atoms with E-state index in [0.29, 0.717) is 22.9 Å². The lowest BCUT2D eigenvalue weighted by Gasteiger charge is -2.10. The molecule has 1 aliphatic rings. The van der Waals surface area contributed by atoms with Crippen LogP contribution in [0.4, 0.5) is 0 Å². The molecule has 2 aromatic carbocycles. The third kappa shape index (κ3) is 4.11. The van der Waals surface area contributed by atoms with Crippen molar-refractivity contribution in [2.45, 2.75) is 29.7 Å². The molecule has 0 saturated heterocycles. The molecule has 4 rings (SSSR count). The fourth-order valence-electron chi connectivity index (χ4n) is 2.83. The number of amides is 2. The number of hydrogen-bond acceptors (Lipinski definition) is 4. The highest BCUT2D eigenvalue weighted by molar-refractivity contribution is 7.98. The number of carbonyl (C=O) groups excluding carboxylic acids is 2. The van der Waals surface area contributed by atoms with Crippen LogP contribution in [-0.2, 0) is 5.75 Å². The zero-order valence-corrected chi connectivity index (χ0v) is 15.5. The third-order valence-corrected chi connectivity index (χ3v) is 5.46. The van der Waals surface area contributed by atoms with Crippen molar-refractivity contribution in [2.24, 2.45) is 5.73 Å². The lowest BCUT2D eigenvalue weighted by Crippen LogP contribution is -2.25. The monoisotopic (exact) mass is 377 g/mol. The fraction of sp³-hybridized carbons (Fsp3) is 0.190. The number of primary amides is 1. The number of nitrogens with two attached hydrogens (primary N) is 1. The van der Waals surface area contributed by atoms with Crippen molar-refractivity contribution in [3.63, 3.8) is 0 Å². The molecule has 5 nitrogen and oxygen atoms in total. The summed E-state index contributed by atoms with van der Waals surface area (Å²) in [6, 6.07) is 17.1. The van der Waals surface area contributed by atoms with E-state index in [1.165, 1.54) is 0 Å². The summed E-state index contributed by atoms with van der Waals surface area (Å²) in [6.07, 6.45) is 2.11. The molecule has 1 saturated carbocycles. The molecule has 1 aliphatic carbocycles. The number of nitrogens with zero attached hydrogens (tertiary/aromatic N) is 1. The molecule has 1 fully saturated rings. The number of aromatic nitrogens is 1. The molecule has 1 aromatic heterocycles.